The second kappa shape index (κ2) is 13.2. The Hall–Kier alpha value is -7.19. The molecule has 10 aromatic rings. The van der Waals surface area contributed by atoms with Crippen LogP contribution in [0.25, 0.3) is 21.9 Å². The molecule has 0 saturated carbocycles. The molecule has 12 rings (SSSR count). The molecule has 1 aromatic heterocycles. The number of benzene rings is 9. The van der Waals surface area contributed by atoms with E-state index in [2.05, 4.69) is 223 Å². The maximum absolute atomic E-state index is 7.03. The Balaban J connectivity index is 1.20. The molecule has 3 nitrogen and oxygen atoms in total. The van der Waals surface area contributed by atoms with Gasteiger partial charge in [0.1, 0.15) is 22.7 Å². The summed E-state index contributed by atoms with van der Waals surface area (Å²) in [4.78, 5) is 2.40. The van der Waals surface area contributed by atoms with E-state index in [9.17, 15) is 0 Å². The third-order valence-electron chi connectivity index (χ3n) is 12.7. The average molecular weight is 788 g/mol. The molecule has 0 bridgehead atoms. The van der Waals surface area contributed by atoms with Crippen molar-refractivity contribution < 1.29 is 9.15 Å². The zero-order valence-electron chi connectivity index (χ0n) is 32.1. The van der Waals surface area contributed by atoms with Crippen LogP contribution in [0.5, 0.6) is 11.5 Å². The summed E-state index contributed by atoms with van der Waals surface area (Å²) in [7, 11) is -5.95. The first-order chi connectivity index (χ1) is 29.3. The Morgan fingerprint density at radius 1 is 0.339 bits per heavy atom. The molecule has 0 unspecified atom stereocenters. The molecule has 59 heavy (non-hydrogen) atoms. The summed E-state index contributed by atoms with van der Waals surface area (Å²) in [5.41, 5.74) is 4.95. The Morgan fingerprint density at radius 3 is 1.51 bits per heavy atom. The lowest BCUT2D eigenvalue weighted by atomic mass is 10.1. The molecule has 2 aliphatic rings. The van der Waals surface area contributed by atoms with Crippen molar-refractivity contribution in [2.45, 2.75) is 0 Å². The van der Waals surface area contributed by atoms with Crippen LogP contribution in [0.2, 0.25) is 0 Å². The molecule has 1 spiro atoms. The average Bonchev–Trinajstić information content (AvgIpc) is 3.70. The Kier molecular flexibility index (Phi) is 7.57. The van der Waals surface area contributed by atoms with Crippen LogP contribution in [0.15, 0.2) is 229 Å². The third kappa shape index (κ3) is 4.74. The topological polar surface area (TPSA) is 25.6 Å². The fraction of sp³-hybridized carbons (Fsp3) is 0. The molecule has 5 heteroatoms. The number of nitrogens with zero attached hydrogens (tertiary/aromatic N) is 1. The van der Waals surface area contributed by atoms with Gasteiger partial charge in [0.05, 0.1) is 11.1 Å². The van der Waals surface area contributed by atoms with Crippen molar-refractivity contribution in [1.82, 2.24) is 0 Å². The first kappa shape index (κ1) is 33.9. The van der Waals surface area contributed by atoms with E-state index < -0.39 is 16.1 Å². The van der Waals surface area contributed by atoms with Gasteiger partial charge in [0.2, 0.25) is 0 Å². The van der Waals surface area contributed by atoms with Gasteiger partial charge in [-0.1, -0.05) is 170 Å². The lowest BCUT2D eigenvalue weighted by Gasteiger charge is -2.50. The molecule has 0 N–H and O–H groups in total. The second-order valence-corrected chi connectivity index (χ2v) is 22.9. The van der Waals surface area contributed by atoms with E-state index in [1.807, 2.05) is 6.07 Å². The number of fused-ring (bicyclic) bond motifs is 11. The van der Waals surface area contributed by atoms with E-state index in [0.717, 1.165) is 50.5 Å². The summed E-state index contributed by atoms with van der Waals surface area (Å²) in [6.45, 7) is 0. The zero-order valence-corrected chi connectivity index (χ0v) is 34.1. The van der Waals surface area contributed by atoms with Crippen molar-refractivity contribution in [3.8, 4) is 11.5 Å². The van der Waals surface area contributed by atoms with Crippen LogP contribution < -0.4 is 51.1 Å². The minimum absolute atomic E-state index is 0.865. The van der Waals surface area contributed by atoms with Crippen LogP contribution in [0.1, 0.15) is 0 Å². The fourth-order valence-corrected chi connectivity index (χ4v) is 22.7. The van der Waals surface area contributed by atoms with Crippen LogP contribution in [-0.2, 0) is 0 Å². The monoisotopic (exact) mass is 787 g/mol. The third-order valence-corrected chi connectivity index (χ3v) is 23.0. The van der Waals surface area contributed by atoms with Crippen LogP contribution in [0.4, 0.5) is 17.1 Å². The van der Waals surface area contributed by atoms with Gasteiger partial charge in [-0.2, -0.15) is 0 Å². The van der Waals surface area contributed by atoms with Crippen LogP contribution in [-0.4, -0.2) is 16.1 Å². The van der Waals surface area contributed by atoms with E-state index in [4.69, 9.17) is 9.15 Å². The van der Waals surface area contributed by atoms with Crippen molar-refractivity contribution in [2.24, 2.45) is 0 Å². The van der Waals surface area contributed by atoms with Crippen LogP contribution in [0, 0.1) is 0 Å². The number of para-hydroxylation sites is 3. The molecule has 0 atom stereocenters. The molecule has 3 heterocycles. The van der Waals surface area contributed by atoms with Crippen molar-refractivity contribution in [3.63, 3.8) is 0 Å². The molecule has 278 valence electrons. The Bertz CT molecular complexity index is 3130. The standard InChI is InChI=1S/C54H37NO2Si2/c1-4-19-38(20-5-1)55(43-26-18-29-47-54(43)42-25-10-11-27-44(42)56-47)39-35-36-46-53(37-39)59(48-30-13-12-28-45(48)57-46)51-33-16-14-31-49(51)58(40-21-6-2-7-22-40,41-23-8-3-9-24-41)50-32-15-17-34-52(50)59/h1-37H. The maximum atomic E-state index is 7.03. The number of rotatable bonds is 5. The largest absolute Gasteiger partial charge is 0.458 e. The van der Waals surface area contributed by atoms with Gasteiger partial charge in [-0.15, -0.1) is 0 Å². The summed E-state index contributed by atoms with van der Waals surface area (Å²) in [6, 6.07) is 82.7. The summed E-state index contributed by atoms with van der Waals surface area (Å²) in [5.74, 6) is 1.85. The van der Waals surface area contributed by atoms with E-state index in [0.29, 0.717) is 0 Å². The van der Waals surface area contributed by atoms with Crippen molar-refractivity contribution in [1.29, 1.82) is 0 Å². The number of ether oxygens (including phenoxy) is 1. The maximum Gasteiger partial charge on any atom is 0.188 e. The summed E-state index contributed by atoms with van der Waals surface area (Å²) < 4.78 is 13.5. The predicted molar refractivity (Wildman–Crippen MR) is 249 cm³/mol. The predicted octanol–water partition coefficient (Wildman–Crippen LogP) is 8.23. The van der Waals surface area contributed by atoms with Crippen LogP contribution >= 0.6 is 0 Å². The van der Waals surface area contributed by atoms with E-state index in [1.54, 1.807) is 0 Å². The highest BCUT2D eigenvalue weighted by atomic mass is 28.3. The van der Waals surface area contributed by atoms with Crippen LogP contribution in [0.3, 0.4) is 0 Å². The van der Waals surface area contributed by atoms with E-state index in [1.165, 1.54) is 41.5 Å². The SMILES string of the molecule is c1ccc(N(c2ccc3c(c2)[Si]2(c4ccccc4O3)c3ccccc3[Si](c3ccccc3)(c3ccccc3)c3ccccc32)c2cccc3oc4ccccc4c23)cc1. The normalized spacial score (nSPS) is 14.2. The molecule has 0 radical (unpaired) electrons. The number of furan rings is 1. The lowest BCUT2D eigenvalue weighted by Crippen LogP contribution is -2.93. The molecule has 0 amide bonds. The molecular weight excluding hydrogens is 751 g/mol. The van der Waals surface area contributed by atoms with Crippen molar-refractivity contribution in [2.75, 3.05) is 4.90 Å². The molecule has 2 aliphatic heterocycles. The first-order valence-electron chi connectivity index (χ1n) is 20.3. The van der Waals surface area contributed by atoms with Gasteiger partial charge >= 0.3 is 0 Å². The van der Waals surface area contributed by atoms with Crippen molar-refractivity contribution >= 4 is 96.6 Å². The Labute approximate surface area is 345 Å². The fourth-order valence-electron chi connectivity index (χ4n) is 10.4. The van der Waals surface area contributed by atoms with Gasteiger partial charge < -0.3 is 14.1 Å². The Morgan fingerprint density at radius 2 is 0.847 bits per heavy atom. The van der Waals surface area contributed by atoms with Gasteiger partial charge in [0, 0.05) is 16.8 Å². The van der Waals surface area contributed by atoms with Gasteiger partial charge in [0.25, 0.3) is 0 Å². The highest BCUT2D eigenvalue weighted by Crippen LogP contribution is 2.43. The molecular formula is C54H37NO2Si2. The molecule has 0 aliphatic carbocycles. The second-order valence-electron chi connectivity index (χ2n) is 15.5. The van der Waals surface area contributed by atoms with E-state index in [-0.39, 0.29) is 0 Å². The van der Waals surface area contributed by atoms with E-state index >= 15 is 0 Å². The smallest absolute Gasteiger partial charge is 0.188 e. The zero-order chi connectivity index (χ0) is 39.0. The molecule has 0 fully saturated rings. The molecule has 0 saturated heterocycles. The number of hydrogen-bond donors (Lipinski definition) is 0. The van der Waals surface area contributed by atoms with Gasteiger partial charge in [-0.05, 0) is 96.1 Å². The van der Waals surface area contributed by atoms with Gasteiger partial charge in [0.15, 0.2) is 16.1 Å². The highest BCUT2D eigenvalue weighted by molar-refractivity contribution is 7.33. The number of hydrogen-bond acceptors (Lipinski definition) is 3. The highest BCUT2D eigenvalue weighted by Gasteiger charge is 2.59. The first-order valence-corrected chi connectivity index (χ1v) is 24.3. The lowest BCUT2D eigenvalue weighted by molar-refractivity contribution is 0.487. The molecule has 9 aromatic carbocycles. The minimum Gasteiger partial charge on any atom is -0.458 e. The summed E-state index contributed by atoms with van der Waals surface area (Å²) in [5, 5.41) is 13.3. The number of anilines is 3. The quantitative estimate of drug-likeness (QED) is 0.165. The summed E-state index contributed by atoms with van der Waals surface area (Å²) in [6.07, 6.45) is 0. The van der Waals surface area contributed by atoms with Gasteiger partial charge in [-0.25, -0.2) is 0 Å². The minimum atomic E-state index is -3.11. The van der Waals surface area contributed by atoms with Crippen molar-refractivity contribution in [3.05, 3.63) is 224 Å². The summed E-state index contributed by atoms with van der Waals surface area (Å²) >= 11 is 0. The van der Waals surface area contributed by atoms with Gasteiger partial charge in [-0.3, -0.25) is 0 Å².